The van der Waals surface area contributed by atoms with E-state index in [1.54, 1.807) is 6.20 Å². The number of nitrogens with zero attached hydrogens (tertiary/aromatic N) is 2. The van der Waals surface area contributed by atoms with Crippen molar-refractivity contribution < 1.29 is 8.42 Å². The van der Waals surface area contributed by atoms with Crippen LogP contribution in [0.25, 0.3) is 0 Å². The van der Waals surface area contributed by atoms with Gasteiger partial charge in [0.05, 0.1) is 17.0 Å². The van der Waals surface area contributed by atoms with Gasteiger partial charge in [-0.1, -0.05) is 0 Å². The number of nitrogens with one attached hydrogen (secondary N) is 1. The largest absolute Gasteiger partial charge is 0.368 e. The van der Waals surface area contributed by atoms with Gasteiger partial charge in [-0.3, -0.25) is 0 Å². The van der Waals surface area contributed by atoms with E-state index in [0.29, 0.717) is 12.2 Å². The fourth-order valence-corrected chi connectivity index (χ4v) is 4.07. The van der Waals surface area contributed by atoms with Crippen LogP contribution in [0.2, 0.25) is 0 Å². The molecule has 2 heterocycles. The Bertz CT molecular complexity index is 543. The average molecular weight is 256 g/mol. The van der Waals surface area contributed by atoms with Gasteiger partial charge in [0.15, 0.2) is 9.84 Å². The van der Waals surface area contributed by atoms with Gasteiger partial charge >= 0.3 is 0 Å². The SMILES string of the molecule is Cc1cnc(N)nc1NC1(C)CCS(=O)(=O)C1. The lowest BCUT2D eigenvalue weighted by Gasteiger charge is -2.25. The zero-order chi connectivity index (χ0) is 12.7. The summed E-state index contributed by atoms with van der Waals surface area (Å²) in [5, 5.41) is 3.17. The van der Waals surface area contributed by atoms with Gasteiger partial charge in [-0.15, -0.1) is 0 Å². The molecule has 1 aromatic heterocycles. The molecular weight excluding hydrogens is 240 g/mol. The Morgan fingerprint density at radius 2 is 2.24 bits per heavy atom. The zero-order valence-corrected chi connectivity index (χ0v) is 10.7. The maximum atomic E-state index is 11.5. The first kappa shape index (κ1) is 12.1. The molecule has 3 N–H and O–H groups in total. The number of anilines is 2. The highest BCUT2D eigenvalue weighted by atomic mass is 32.2. The molecule has 1 aromatic rings. The van der Waals surface area contributed by atoms with Crippen molar-refractivity contribution >= 4 is 21.6 Å². The molecule has 1 aliphatic rings. The molecule has 1 saturated heterocycles. The van der Waals surface area contributed by atoms with Gasteiger partial charge in [-0.2, -0.15) is 4.98 Å². The third-order valence-corrected chi connectivity index (χ3v) is 4.82. The average Bonchev–Trinajstić information content (AvgIpc) is 2.47. The number of rotatable bonds is 2. The second-order valence-electron chi connectivity index (χ2n) is 4.79. The number of aryl methyl sites for hydroxylation is 1. The highest BCUT2D eigenvalue weighted by molar-refractivity contribution is 7.91. The molecule has 6 nitrogen and oxygen atoms in total. The van der Waals surface area contributed by atoms with Crippen LogP contribution in [0.1, 0.15) is 18.9 Å². The molecule has 1 aliphatic heterocycles. The van der Waals surface area contributed by atoms with Gasteiger partial charge in [-0.05, 0) is 20.3 Å². The van der Waals surface area contributed by atoms with Crippen LogP contribution in [0.5, 0.6) is 0 Å². The fourth-order valence-electron chi connectivity index (χ4n) is 1.98. The van der Waals surface area contributed by atoms with Gasteiger partial charge in [-0.25, -0.2) is 13.4 Å². The Balaban J connectivity index is 2.24. The van der Waals surface area contributed by atoms with E-state index in [-0.39, 0.29) is 17.5 Å². The highest BCUT2D eigenvalue weighted by Gasteiger charge is 2.38. The van der Waals surface area contributed by atoms with Crippen molar-refractivity contribution in [3.63, 3.8) is 0 Å². The van der Waals surface area contributed by atoms with Gasteiger partial charge in [0, 0.05) is 11.8 Å². The van der Waals surface area contributed by atoms with Crippen LogP contribution in [0, 0.1) is 6.92 Å². The summed E-state index contributed by atoms with van der Waals surface area (Å²) < 4.78 is 23.0. The number of hydrogen-bond acceptors (Lipinski definition) is 6. The van der Waals surface area contributed by atoms with Gasteiger partial charge in [0.1, 0.15) is 5.82 Å². The molecule has 0 spiro atoms. The molecule has 2 rings (SSSR count). The van der Waals surface area contributed by atoms with E-state index < -0.39 is 15.4 Å². The molecule has 1 fully saturated rings. The first-order chi connectivity index (χ1) is 7.80. The smallest absolute Gasteiger partial charge is 0.221 e. The number of nitrogens with two attached hydrogens (primary N) is 1. The molecular formula is C10H16N4O2S. The summed E-state index contributed by atoms with van der Waals surface area (Å²) in [5.74, 6) is 1.14. The standard InChI is InChI=1S/C10H16N4O2S/c1-7-5-12-9(11)13-8(7)14-10(2)3-4-17(15,16)6-10/h5H,3-4,6H2,1-2H3,(H3,11,12,13,14). The Morgan fingerprint density at radius 1 is 1.53 bits per heavy atom. The lowest BCUT2D eigenvalue weighted by atomic mass is 10.0. The topological polar surface area (TPSA) is 98.0 Å². The van der Waals surface area contributed by atoms with Crippen molar-refractivity contribution in [2.75, 3.05) is 22.6 Å². The lowest BCUT2D eigenvalue weighted by molar-refractivity contribution is 0.571. The van der Waals surface area contributed by atoms with Crippen LogP contribution in [0.15, 0.2) is 6.20 Å². The molecule has 7 heteroatoms. The third kappa shape index (κ3) is 2.66. The van der Waals surface area contributed by atoms with E-state index in [4.69, 9.17) is 5.73 Å². The number of aromatic nitrogens is 2. The minimum atomic E-state index is -2.93. The first-order valence-electron chi connectivity index (χ1n) is 5.37. The molecule has 1 unspecified atom stereocenters. The van der Waals surface area contributed by atoms with Crippen molar-refractivity contribution in [1.82, 2.24) is 9.97 Å². The normalized spacial score (nSPS) is 26.9. The summed E-state index contributed by atoms with van der Waals surface area (Å²) in [4.78, 5) is 7.96. The van der Waals surface area contributed by atoms with E-state index in [0.717, 1.165) is 5.56 Å². The molecule has 0 bridgehead atoms. The summed E-state index contributed by atoms with van der Waals surface area (Å²) >= 11 is 0. The van der Waals surface area contributed by atoms with E-state index in [1.807, 2.05) is 13.8 Å². The highest BCUT2D eigenvalue weighted by Crippen LogP contribution is 2.27. The van der Waals surface area contributed by atoms with E-state index in [9.17, 15) is 8.42 Å². The van der Waals surface area contributed by atoms with E-state index in [1.165, 1.54) is 0 Å². The van der Waals surface area contributed by atoms with Crippen molar-refractivity contribution in [1.29, 1.82) is 0 Å². The first-order valence-corrected chi connectivity index (χ1v) is 7.20. The van der Waals surface area contributed by atoms with Crippen LogP contribution in [0.4, 0.5) is 11.8 Å². The van der Waals surface area contributed by atoms with Crippen LogP contribution in [0.3, 0.4) is 0 Å². The van der Waals surface area contributed by atoms with Crippen molar-refractivity contribution in [3.05, 3.63) is 11.8 Å². The van der Waals surface area contributed by atoms with Crippen LogP contribution >= 0.6 is 0 Å². The zero-order valence-electron chi connectivity index (χ0n) is 9.90. The molecule has 0 aromatic carbocycles. The van der Waals surface area contributed by atoms with Crippen LogP contribution in [-0.4, -0.2) is 35.4 Å². The minimum Gasteiger partial charge on any atom is -0.368 e. The van der Waals surface area contributed by atoms with Crippen LogP contribution < -0.4 is 11.1 Å². The molecule has 17 heavy (non-hydrogen) atoms. The van der Waals surface area contributed by atoms with Crippen molar-refractivity contribution in [2.45, 2.75) is 25.8 Å². The predicted molar refractivity (Wildman–Crippen MR) is 66.5 cm³/mol. The Hall–Kier alpha value is -1.37. The maximum Gasteiger partial charge on any atom is 0.221 e. The number of sulfone groups is 1. The molecule has 0 aliphatic carbocycles. The number of hydrogen-bond donors (Lipinski definition) is 2. The fraction of sp³-hybridized carbons (Fsp3) is 0.600. The van der Waals surface area contributed by atoms with Gasteiger partial charge in [0.2, 0.25) is 5.95 Å². The summed E-state index contributed by atoms with van der Waals surface area (Å²) in [6.07, 6.45) is 2.20. The van der Waals surface area contributed by atoms with E-state index >= 15 is 0 Å². The van der Waals surface area contributed by atoms with Gasteiger partial charge in [0.25, 0.3) is 0 Å². The maximum absolute atomic E-state index is 11.5. The van der Waals surface area contributed by atoms with E-state index in [2.05, 4.69) is 15.3 Å². The van der Waals surface area contributed by atoms with Crippen molar-refractivity contribution in [2.24, 2.45) is 0 Å². The molecule has 0 amide bonds. The monoisotopic (exact) mass is 256 g/mol. The second kappa shape index (κ2) is 3.83. The summed E-state index contributed by atoms with van der Waals surface area (Å²) in [6.45, 7) is 3.74. The second-order valence-corrected chi connectivity index (χ2v) is 6.97. The quantitative estimate of drug-likeness (QED) is 0.792. The Kier molecular flexibility index (Phi) is 2.73. The third-order valence-electron chi connectivity index (χ3n) is 2.91. The lowest BCUT2D eigenvalue weighted by Crippen LogP contribution is -2.36. The Labute approximate surface area is 101 Å². The summed E-state index contributed by atoms with van der Waals surface area (Å²) in [5.41, 5.74) is 5.90. The summed E-state index contributed by atoms with van der Waals surface area (Å²) in [7, 11) is -2.93. The predicted octanol–water partition coefficient (Wildman–Crippen LogP) is 0.356. The van der Waals surface area contributed by atoms with Gasteiger partial charge < -0.3 is 11.1 Å². The summed E-state index contributed by atoms with van der Waals surface area (Å²) in [6, 6.07) is 0. The number of nitrogen functional groups attached to an aromatic ring is 1. The molecule has 0 saturated carbocycles. The molecule has 1 atom stereocenters. The Morgan fingerprint density at radius 3 is 2.82 bits per heavy atom. The molecule has 94 valence electrons. The van der Waals surface area contributed by atoms with Crippen LogP contribution in [-0.2, 0) is 9.84 Å². The minimum absolute atomic E-state index is 0.128. The molecule has 0 radical (unpaired) electrons. The van der Waals surface area contributed by atoms with Crippen molar-refractivity contribution in [3.8, 4) is 0 Å².